The molecule has 2 N–H and O–H groups in total. The molecule has 0 saturated carbocycles. The zero-order valence-electron chi connectivity index (χ0n) is 10.6. The lowest BCUT2D eigenvalue weighted by Gasteiger charge is -2.12. The van der Waals surface area contributed by atoms with Crippen molar-refractivity contribution in [3.8, 4) is 0 Å². The van der Waals surface area contributed by atoms with Gasteiger partial charge in [-0.05, 0) is 36.9 Å². The minimum atomic E-state index is -0.473. The van der Waals surface area contributed by atoms with Crippen LogP contribution in [0.5, 0.6) is 0 Å². The molecule has 6 heteroatoms. The number of carbonyl (C=O) groups excluding carboxylic acids is 2. The van der Waals surface area contributed by atoms with Crippen molar-refractivity contribution in [1.82, 2.24) is 4.90 Å². The van der Waals surface area contributed by atoms with Crippen LogP contribution in [0, 0.1) is 0 Å². The topological polar surface area (TPSA) is 72.6 Å². The van der Waals surface area contributed by atoms with Gasteiger partial charge in [0.05, 0.1) is 12.2 Å². The fourth-order valence-electron chi connectivity index (χ4n) is 1.19. The first kappa shape index (κ1) is 14.4. The van der Waals surface area contributed by atoms with Gasteiger partial charge < -0.3 is 15.4 Å². The predicted octanol–water partition coefficient (Wildman–Crippen LogP) is 2.22. The lowest BCUT2D eigenvalue weighted by molar-refractivity contribution is 0.0522. The van der Waals surface area contributed by atoms with Gasteiger partial charge in [0.2, 0.25) is 0 Å². The highest BCUT2D eigenvalue weighted by Crippen LogP contribution is 2.27. The number of nitrogens with zero attached hydrogens (tertiary/aromatic N) is 1. The lowest BCUT2D eigenvalue weighted by Crippen LogP contribution is -2.17. The van der Waals surface area contributed by atoms with Gasteiger partial charge >= 0.3 is 5.97 Å². The van der Waals surface area contributed by atoms with E-state index in [-0.39, 0.29) is 11.8 Å². The number of nitrogen functional groups attached to an aromatic ring is 1. The van der Waals surface area contributed by atoms with Gasteiger partial charge in [-0.15, -0.1) is 0 Å². The van der Waals surface area contributed by atoms with Crippen molar-refractivity contribution in [3.05, 3.63) is 23.8 Å². The molecule has 0 fully saturated rings. The second-order valence-corrected chi connectivity index (χ2v) is 4.73. The van der Waals surface area contributed by atoms with Gasteiger partial charge in [-0.2, -0.15) is 0 Å². The Bertz CT molecular complexity index is 461. The quantitative estimate of drug-likeness (QED) is 0.517. The molecule has 5 nitrogen and oxygen atoms in total. The standard InChI is InChI=1S/C12H16N2O3S/c1-4-17-11(15)9-7-8(13)5-6-10(9)18-12(16)14(2)3/h5-7H,4,13H2,1-3H3. The van der Waals surface area contributed by atoms with E-state index >= 15 is 0 Å². The van der Waals surface area contributed by atoms with Crippen LogP contribution in [-0.4, -0.2) is 36.8 Å². The van der Waals surface area contributed by atoms with Crippen LogP contribution < -0.4 is 5.73 Å². The summed E-state index contributed by atoms with van der Waals surface area (Å²) in [6.45, 7) is 2.00. The summed E-state index contributed by atoms with van der Waals surface area (Å²) in [4.78, 5) is 25.4. The number of hydrogen-bond acceptors (Lipinski definition) is 5. The minimum absolute atomic E-state index is 0.162. The molecule has 0 spiro atoms. The summed E-state index contributed by atoms with van der Waals surface area (Å²) in [5.74, 6) is -0.473. The number of ether oxygens (including phenoxy) is 1. The van der Waals surface area contributed by atoms with E-state index in [4.69, 9.17) is 10.5 Å². The van der Waals surface area contributed by atoms with Crippen molar-refractivity contribution in [1.29, 1.82) is 0 Å². The highest BCUT2D eigenvalue weighted by molar-refractivity contribution is 8.13. The van der Waals surface area contributed by atoms with Gasteiger partial charge in [0, 0.05) is 24.7 Å². The molecule has 98 valence electrons. The van der Waals surface area contributed by atoms with Crippen LogP contribution in [0.15, 0.2) is 23.1 Å². The summed E-state index contributed by atoms with van der Waals surface area (Å²) in [5, 5.41) is -0.162. The third kappa shape index (κ3) is 3.66. The van der Waals surface area contributed by atoms with E-state index in [2.05, 4.69) is 0 Å². The molecule has 0 atom stereocenters. The second kappa shape index (κ2) is 6.30. The van der Waals surface area contributed by atoms with Crippen molar-refractivity contribution in [2.45, 2.75) is 11.8 Å². The molecule has 1 aromatic carbocycles. The normalized spacial score (nSPS) is 9.94. The average molecular weight is 268 g/mol. The number of nitrogens with two attached hydrogens (primary N) is 1. The molecule has 1 aromatic rings. The molecule has 1 rings (SSSR count). The maximum Gasteiger partial charge on any atom is 0.339 e. The first-order valence-electron chi connectivity index (χ1n) is 5.41. The molecule has 0 unspecified atom stereocenters. The number of thioether (sulfide) groups is 1. The van der Waals surface area contributed by atoms with Crippen molar-refractivity contribution in [2.24, 2.45) is 0 Å². The number of rotatable bonds is 3. The van der Waals surface area contributed by atoms with E-state index in [1.807, 2.05) is 0 Å². The van der Waals surface area contributed by atoms with Crippen LogP contribution in [0.4, 0.5) is 10.5 Å². The van der Waals surface area contributed by atoms with Gasteiger partial charge in [0.25, 0.3) is 5.24 Å². The van der Waals surface area contributed by atoms with Crippen molar-refractivity contribution in [2.75, 3.05) is 26.4 Å². The van der Waals surface area contributed by atoms with Crippen LogP contribution in [0.25, 0.3) is 0 Å². The third-order valence-corrected chi connectivity index (χ3v) is 3.18. The van der Waals surface area contributed by atoms with E-state index in [0.29, 0.717) is 16.1 Å². The number of amides is 1. The zero-order chi connectivity index (χ0) is 13.7. The second-order valence-electron chi connectivity index (χ2n) is 3.74. The average Bonchev–Trinajstić information content (AvgIpc) is 2.31. The SMILES string of the molecule is CCOC(=O)c1cc(N)ccc1SC(=O)N(C)C. The van der Waals surface area contributed by atoms with Crippen LogP contribution in [0.1, 0.15) is 17.3 Å². The van der Waals surface area contributed by atoms with Gasteiger partial charge in [-0.1, -0.05) is 0 Å². The van der Waals surface area contributed by atoms with Crippen LogP contribution >= 0.6 is 11.8 Å². The van der Waals surface area contributed by atoms with E-state index < -0.39 is 5.97 Å². The van der Waals surface area contributed by atoms with E-state index in [1.54, 1.807) is 33.2 Å². The largest absolute Gasteiger partial charge is 0.462 e. The molecule has 0 aromatic heterocycles. The van der Waals surface area contributed by atoms with Crippen molar-refractivity contribution >= 4 is 28.7 Å². The molecule has 0 heterocycles. The predicted molar refractivity (Wildman–Crippen MR) is 71.8 cm³/mol. The first-order valence-corrected chi connectivity index (χ1v) is 6.23. The highest BCUT2D eigenvalue weighted by Gasteiger charge is 2.17. The number of benzene rings is 1. The molecule has 18 heavy (non-hydrogen) atoms. The molecule has 0 aliphatic rings. The molecular formula is C12H16N2O3S. The number of hydrogen-bond donors (Lipinski definition) is 1. The molecule has 0 bridgehead atoms. The van der Waals surface area contributed by atoms with Crippen LogP contribution in [0.3, 0.4) is 0 Å². The molecule has 0 radical (unpaired) electrons. The van der Waals surface area contributed by atoms with E-state index in [0.717, 1.165) is 11.8 Å². The monoisotopic (exact) mass is 268 g/mol. The summed E-state index contributed by atoms with van der Waals surface area (Å²) < 4.78 is 4.93. The van der Waals surface area contributed by atoms with E-state index in [9.17, 15) is 9.59 Å². The Hall–Kier alpha value is -1.69. The third-order valence-electron chi connectivity index (χ3n) is 2.06. The summed E-state index contributed by atoms with van der Waals surface area (Å²) in [6, 6.07) is 4.81. The van der Waals surface area contributed by atoms with Gasteiger partial charge in [0.1, 0.15) is 0 Å². The van der Waals surface area contributed by atoms with Crippen molar-refractivity contribution < 1.29 is 14.3 Å². The maximum absolute atomic E-state index is 11.8. The molecule has 0 aliphatic heterocycles. The molecule has 0 aliphatic carbocycles. The van der Waals surface area contributed by atoms with Gasteiger partial charge in [-0.25, -0.2) is 4.79 Å². The fourth-order valence-corrected chi connectivity index (χ4v) is 1.95. The van der Waals surface area contributed by atoms with Crippen LogP contribution in [-0.2, 0) is 4.74 Å². The maximum atomic E-state index is 11.8. The Balaban J connectivity index is 3.03. The number of esters is 1. The summed E-state index contributed by atoms with van der Waals surface area (Å²) in [7, 11) is 3.30. The van der Waals surface area contributed by atoms with E-state index in [1.165, 1.54) is 11.0 Å². The van der Waals surface area contributed by atoms with Gasteiger partial charge in [0.15, 0.2) is 0 Å². The molecule has 1 amide bonds. The number of carbonyl (C=O) groups is 2. The summed E-state index contributed by atoms with van der Waals surface area (Å²) in [6.07, 6.45) is 0. The highest BCUT2D eigenvalue weighted by atomic mass is 32.2. The molecule has 0 saturated heterocycles. The Morgan fingerprint density at radius 1 is 1.39 bits per heavy atom. The zero-order valence-corrected chi connectivity index (χ0v) is 11.4. The summed E-state index contributed by atoms with van der Waals surface area (Å²) in [5.41, 5.74) is 6.41. The Labute approximate surface area is 110 Å². The Morgan fingerprint density at radius 3 is 2.61 bits per heavy atom. The Kier molecular flexibility index (Phi) is 5.03. The number of anilines is 1. The van der Waals surface area contributed by atoms with Crippen LogP contribution in [0.2, 0.25) is 0 Å². The van der Waals surface area contributed by atoms with Gasteiger partial charge in [-0.3, -0.25) is 4.79 Å². The Morgan fingerprint density at radius 2 is 2.06 bits per heavy atom. The minimum Gasteiger partial charge on any atom is -0.462 e. The fraction of sp³-hybridized carbons (Fsp3) is 0.333. The lowest BCUT2D eigenvalue weighted by atomic mass is 10.2. The first-order chi connectivity index (χ1) is 8.45. The van der Waals surface area contributed by atoms with Crippen molar-refractivity contribution in [3.63, 3.8) is 0 Å². The summed E-state index contributed by atoms with van der Waals surface area (Å²) >= 11 is 0.972. The molecular weight excluding hydrogens is 252 g/mol. The smallest absolute Gasteiger partial charge is 0.339 e.